The molecule has 0 fully saturated rings. The zero-order valence-corrected chi connectivity index (χ0v) is 9.79. The van der Waals surface area contributed by atoms with Crippen molar-refractivity contribution < 1.29 is 10.2 Å². The second kappa shape index (κ2) is 4.91. The van der Waals surface area contributed by atoms with Crippen molar-refractivity contribution >= 4 is 15.9 Å². The molecule has 1 rings (SSSR count). The fourth-order valence-electron chi connectivity index (χ4n) is 1.39. The van der Waals surface area contributed by atoms with E-state index in [1.54, 1.807) is 6.92 Å². The third kappa shape index (κ3) is 3.08. The standard InChI is InChI=1S/C11H15BrO2/c1-11(14,6-3-7-13)9-4-2-5-10(12)8-9/h2,4-5,8,13-14H,3,6-7H2,1H3. The van der Waals surface area contributed by atoms with E-state index < -0.39 is 5.60 Å². The van der Waals surface area contributed by atoms with Gasteiger partial charge in [-0.25, -0.2) is 0 Å². The molecule has 0 spiro atoms. The van der Waals surface area contributed by atoms with Crippen LogP contribution in [0, 0.1) is 0 Å². The average Bonchev–Trinajstić information content (AvgIpc) is 2.15. The third-order valence-corrected chi connectivity index (χ3v) is 2.76. The largest absolute Gasteiger partial charge is 0.396 e. The van der Waals surface area contributed by atoms with E-state index in [1.807, 2.05) is 24.3 Å². The lowest BCUT2D eigenvalue weighted by atomic mass is 9.91. The van der Waals surface area contributed by atoms with Crippen molar-refractivity contribution in [2.75, 3.05) is 6.61 Å². The lowest BCUT2D eigenvalue weighted by Gasteiger charge is -2.23. The summed E-state index contributed by atoms with van der Waals surface area (Å²) in [5, 5.41) is 18.8. The molecule has 1 aromatic carbocycles. The van der Waals surface area contributed by atoms with Crippen LogP contribution in [-0.2, 0) is 5.60 Å². The molecule has 0 radical (unpaired) electrons. The van der Waals surface area contributed by atoms with Crippen molar-refractivity contribution in [1.82, 2.24) is 0 Å². The predicted octanol–water partition coefficient (Wildman–Crippen LogP) is 2.43. The highest BCUT2D eigenvalue weighted by atomic mass is 79.9. The Hall–Kier alpha value is -0.380. The van der Waals surface area contributed by atoms with Crippen molar-refractivity contribution in [3.63, 3.8) is 0 Å². The first-order chi connectivity index (χ1) is 6.56. The second-order valence-electron chi connectivity index (χ2n) is 3.61. The van der Waals surface area contributed by atoms with Gasteiger partial charge in [-0.3, -0.25) is 0 Å². The van der Waals surface area contributed by atoms with Crippen LogP contribution in [0.3, 0.4) is 0 Å². The quantitative estimate of drug-likeness (QED) is 0.871. The van der Waals surface area contributed by atoms with Gasteiger partial charge in [-0.15, -0.1) is 0 Å². The van der Waals surface area contributed by atoms with Gasteiger partial charge in [0.05, 0.1) is 5.60 Å². The smallest absolute Gasteiger partial charge is 0.0869 e. The number of halogens is 1. The van der Waals surface area contributed by atoms with Crippen LogP contribution in [0.15, 0.2) is 28.7 Å². The molecule has 1 atom stereocenters. The Bertz CT molecular complexity index is 297. The molecule has 0 aliphatic carbocycles. The molecular formula is C11H15BrO2. The Morgan fingerprint density at radius 1 is 1.43 bits per heavy atom. The molecule has 3 heteroatoms. The average molecular weight is 259 g/mol. The molecule has 2 nitrogen and oxygen atoms in total. The summed E-state index contributed by atoms with van der Waals surface area (Å²) in [6.07, 6.45) is 1.18. The molecule has 0 heterocycles. The van der Waals surface area contributed by atoms with Gasteiger partial charge in [-0.1, -0.05) is 28.1 Å². The maximum absolute atomic E-state index is 10.1. The van der Waals surface area contributed by atoms with E-state index in [9.17, 15) is 5.11 Å². The Kier molecular flexibility index (Phi) is 4.11. The van der Waals surface area contributed by atoms with E-state index in [0.29, 0.717) is 12.8 Å². The molecule has 0 aliphatic rings. The minimum Gasteiger partial charge on any atom is -0.396 e. The van der Waals surface area contributed by atoms with Crippen molar-refractivity contribution in [3.8, 4) is 0 Å². The van der Waals surface area contributed by atoms with E-state index in [4.69, 9.17) is 5.11 Å². The summed E-state index contributed by atoms with van der Waals surface area (Å²) in [5.74, 6) is 0. The van der Waals surface area contributed by atoms with Gasteiger partial charge in [-0.05, 0) is 37.5 Å². The summed E-state index contributed by atoms with van der Waals surface area (Å²) in [4.78, 5) is 0. The third-order valence-electron chi connectivity index (χ3n) is 2.27. The Labute approximate surface area is 92.7 Å². The van der Waals surface area contributed by atoms with Gasteiger partial charge in [-0.2, -0.15) is 0 Å². The van der Waals surface area contributed by atoms with Crippen molar-refractivity contribution in [1.29, 1.82) is 0 Å². The number of hydrogen-bond acceptors (Lipinski definition) is 2. The van der Waals surface area contributed by atoms with Crippen LogP contribution < -0.4 is 0 Å². The van der Waals surface area contributed by atoms with Gasteiger partial charge in [0.1, 0.15) is 0 Å². The summed E-state index contributed by atoms with van der Waals surface area (Å²) in [5.41, 5.74) is 0.0206. The molecule has 0 amide bonds. The second-order valence-corrected chi connectivity index (χ2v) is 4.53. The summed E-state index contributed by atoms with van der Waals surface area (Å²) >= 11 is 3.36. The number of benzene rings is 1. The van der Waals surface area contributed by atoms with Gasteiger partial charge in [0.15, 0.2) is 0 Å². The topological polar surface area (TPSA) is 40.5 Å². The van der Waals surface area contributed by atoms with Crippen LogP contribution in [0.4, 0.5) is 0 Å². The molecule has 0 aliphatic heterocycles. The number of aliphatic hydroxyl groups excluding tert-OH is 1. The molecule has 1 aromatic rings. The van der Waals surface area contributed by atoms with Gasteiger partial charge in [0.2, 0.25) is 0 Å². The lowest BCUT2D eigenvalue weighted by molar-refractivity contribution is 0.0403. The van der Waals surface area contributed by atoms with E-state index in [0.717, 1.165) is 10.0 Å². The Morgan fingerprint density at radius 2 is 2.14 bits per heavy atom. The summed E-state index contributed by atoms with van der Waals surface area (Å²) in [6, 6.07) is 7.61. The van der Waals surface area contributed by atoms with Crippen molar-refractivity contribution in [2.45, 2.75) is 25.4 Å². The number of aliphatic hydroxyl groups is 2. The summed E-state index contributed by atoms with van der Waals surface area (Å²) in [6.45, 7) is 1.88. The van der Waals surface area contributed by atoms with Crippen molar-refractivity contribution in [3.05, 3.63) is 34.3 Å². The monoisotopic (exact) mass is 258 g/mol. The first kappa shape index (κ1) is 11.7. The van der Waals surface area contributed by atoms with E-state index in [2.05, 4.69) is 15.9 Å². The predicted molar refractivity (Wildman–Crippen MR) is 60.0 cm³/mol. The maximum atomic E-state index is 10.1. The Morgan fingerprint density at radius 3 is 2.71 bits per heavy atom. The van der Waals surface area contributed by atoms with Gasteiger partial charge in [0.25, 0.3) is 0 Å². The fraction of sp³-hybridized carbons (Fsp3) is 0.455. The first-order valence-electron chi connectivity index (χ1n) is 4.65. The minimum atomic E-state index is -0.855. The van der Waals surface area contributed by atoms with Crippen molar-refractivity contribution in [2.24, 2.45) is 0 Å². The van der Waals surface area contributed by atoms with Gasteiger partial charge < -0.3 is 10.2 Å². The zero-order valence-electron chi connectivity index (χ0n) is 8.20. The van der Waals surface area contributed by atoms with Gasteiger partial charge in [0, 0.05) is 11.1 Å². The Balaban J connectivity index is 2.80. The fourth-order valence-corrected chi connectivity index (χ4v) is 1.79. The lowest BCUT2D eigenvalue weighted by Crippen LogP contribution is -2.21. The van der Waals surface area contributed by atoms with Crippen LogP contribution in [0.1, 0.15) is 25.3 Å². The van der Waals surface area contributed by atoms with Gasteiger partial charge >= 0.3 is 0 Å². The molecule has 1 unspecified atom stereocenters. The maximum Gasteiger partial charge on any atom is 0.0869 e. The van der Waals surface area contributed by atoms with E-state index in [-0.39, 0.29) is 6.61 Å². The molecule has 78 valence electrons. The normalized spacial score (nSPS) is 15.1. The summed E-state index contributed by atoms with van der Waals surface area (Å²) < 4.78 is 0.958. The van der Waals surface area contributed by atoms with Crippen LogP contribution >= 0.6 is 15.9 Å². The zero-order chi connectivity index (χ0) is 10.6. The highest BCUT2D eigenvalue weighted by Crippen LogP contribution is 2.27. The van der Waals surface area contributed by atoms with E-state index in [1.165, 1.54) is 0 Å². The SMILES string of the molecule is CC(O)(CCCO)c1cccc(Br)c1. The van der Waals surface area contributed by atoms with Crippen LogP contribution in [0.25, 0.3) is 0 Å². The molecular weight excluding hydrogens is 244 g/mol. The number of rotatable bonds is 4. The molecule has 0 saturated heterocycles. The molecule has 0 aromatic heterocycles. The highest BCUT2D eigenvalue weighted by molar-refractivity contribution is 9.10. The molecule has 0 saturated carbocycles. The first-order valence-corrected chi connectivity index (χ1v) is 5.45. The van der Waals surface area contributed by atoms with E-state index >= 15 is 0 Å². The highest BCUT2D eigenvalue weighted by Gasteiger charge is 2.22. The summed E-state index contributed by atoms with van der Waals surface area (Å²) in [7, 11) is 0. The van der Waals surface area contributed by atoms with Crippen LogP contribution in [0.5, 0.6) is 0 Å². The minimum absolute atomic E-state index is 0.115. The molecule has 14 heavy (non-hydrogen) atoms. The van der Waals surface area contributed by atoms with Crippen LogP contribution in [0.2, 0.25) is 0 Å². The van der Waals surface area contributed by atoms with Crippen LogP contribution in [-0.4, -0.2) is 16.8 Å². The molecule has 2 N–H and O–H groups in total. The number of hydrogen-bond donors (Lipinski definition) is 2. The molecule has 0 bridgehead atoms.